The van der Waals surface area contributed by atoms with E-state index < -0.39 is 0 Å². The first-order valence-corrected chi connectivity index (χ1v) is 8.07. The highest BCUT2D eigenvalue weighted by atomic mass is 16.2. The Morgan fingerprint density at radius 3 is 2.65 bits per heavy atom. The van der Waals surface area contributed by atoms with Gasteiger partial charge in [0.1, 0.15) is 0 Å². The van der Waals surface area contributed by atoms with Gasteiger partial charge in [-0.25, -0.2) is 4.99 Å². The quantitative estimate of drug-likeness (QED) is 0.574. The number of guanidine groups is 1. The monoisotopic (exact) mass is 322 g/mol. The molecule has 0 aliphatic carbocycles. The summed E-state index contributed by atoms with van der Waals surface area (Å²) in [5.41, 5.74) is 2.17. The van der Waals surface area contributed by atoms with Gasteiger partial charge in [0.05, 0.1) is 18.8 Å². The fourth-order valence-electron chi connectivity index (χ4n) is 1.97. The lowest BCUT2D eigenvalue weighted by molar-refractivity contribution is -0.127. The second-order valence-corrected chi connectivity index (χ2v) is 6.21. The molecule has 0 unspecified atom stereocenters. The first-order valence-electron chi connectivity index (χ1n) is 8.07. The molecule has 0 saturated heterocycles. The normalized spacial score (nSPS) is 11.7. The summed E-state index contributed by atoms with van der Waals surface area (Å²) in [6, 6.07) is 0. The first-order chi connectivity index (χ1) is 10.8. The number of aryl methyl sites for hydroxylation is 2. The zero-order chi connectivity index (χ0) is 17.4. The Bertz CT molecular complexity index is 533. The predicted octanol–water partition coefficient (Wildman–Crippen LogP) is 0.762. The van der Waals surface area contributed by atoms with Gasteiger partial charge in [-0.05, 0) is 12.3 Å². The van der Waals surface area contributed by atoms with Crippen molar-refractivity contribution in [3.63, 3.8) is 0 Å². The summed E-state index contributed by atoms with van der Waals surface area (Å²) in [6.07, 6.45) is 2.88. The van der Waals surface area contributed by atoms with E-state index >= 15 is 0 Å². The lowest BCUT2D eigenvalue weighted by Gasteiger charge is -2.16. The Morgan fingerprint density at radius 2 is 2.09 bits per heavy atom. The number of nitrogens with one attached hydrogen (secondary N) is 2. The van der Waals surface area contributed by atoms with Gasteiger partial charge in [-0.3, -0.25) is 9.48 Å². The standard InChI is InChI=1S/C16H30N6O/c1-7-14-13(11-22(6)20-14)9-18-16(17-8-12(2)3)19-10-15(23)21(4)5/h11-12H,7-10H2,1-6H3,(H2,17,18,19). The van der Waals surface area contributed by atoms with Gasteiger partial charge < -0.3 is 15.5 Å². The van der Waals surface area contributed by atoms with Crippen molar-refractivity contribution in [1.29, 1.82) is 0 Å². The summed E-state index contributed by atoms with van der Waals surface area (Å²) in [6.45, 7) is 7.92. The van der Waals surface area contributed by atoms with Gasteiger partial charge in [-0.15, -0.1) is 0 Å². The maximum atomic E-state index is 11.7. The second-order valence-electron chi connectivity index (χ2n) is 6.21. The van der Waals surface area contributed by atoms with Gasteiger partial charge in [0.2, 0.25) is 5.91 Å². The van der Waals surface area contributed by atoms with Crippen molar-refractivity contribution in [3.8, 4) is 0 Å². The molecule has 23 heavy (non-hydrogen) atoms. The minimum absolute atomic E-state index is 0.0136. The average Bonchev–Trinajstić information content (AvgIpc) is 2.85. The molecule has 130 valence electrons. The molecule has 0 fully saturated rings. The molecule has 0 spiro atoms. The Hall–Kier alpha value is -2.05. The van der Waals surface area contributed by atoms with Crippen LogP contribution in [0.3, 0.4) is 0 Å². The molecule has 2 N–H and O–H groups in total. The second kappa shape index (κ2) is 9.17. The molecule has 1 aromatic heterocycles. The summed E-state index contributed by atoms with van der Waals surface area (Å²) in [5.74, 6) is 1.16. The van der Waals surface area contributed by atoms with E-state index in [0.717, 1.165) is 24.2 Å². The van der Waals surface area contributed by atoms with Crippen LogP contribution in [-0.2, 0) is 24.8 Å². The number of likely N-dealkylation sites (N-methyl/N-ethyl adjacent to an activating group) is 1. The van der Waals surface area contributed by atoms with E-state index in [1.807, 2.05) is 17.9 Å². The van der Waals surface area contributed by atoms with Crippen LogP contribution in [0.4, 0.5) is 0 Å². The molecule has 0 aromatic carbocycles. The van der Waals surface area contributed by atoms with Crippen LogP contribution < -0.4 is 10.6 Å². The van der Waals surface area contributed by atoms with Gasteiger partial charge in [0, 0.05) is 39.4 Å². The molecule has 1 amide bonds. The zero-order valence-electron chi connectivity index (χ0n) is 15.2. The maximum absolute atomic E-state index is 11.7. The number of nitrogens with zero attached hydrogens (tertiary/aromatic N) is 4. The van der Waals surface area contributed by atoms with Crippen LogP contribution in [-0.4, -0.2) is 53.7 Å². The van der Waals surface area contributed by atoms with Crippen LogP contribution in [0.15, 0.2) is 11.2 Å². The minimum Gasteiger partial charge on any atom is -0.356 e. The molecule has 0 atom stereocenters. The summed E-state index contributed by atoms with van der Waals surface area (Å²) < 4.78 is 1.81. The van der Waals surface area contributed by atoms with Gasteiger partial charge >= 0.3 is 0 Å². The van der Waals surface area contributed by atoms with E-state index in [-0.39, 0.29) is 12.5 Å². The van der Waals surface area contributed by atoms with Crippen LogP contribution >= 0.6 is 0 Å². The van der Waals surface area contributed by atoms with Crippen molar-refractivity contribution in [2.45, 2.75) is 33.7 Å². The SMILES string of the molecule is CCc1nn(C)cc1CN=C(NCC(=O)N(C)C)NCC(C)C. The van der Waals surface area contributed by atoms with E-state index in [1.165, 1.54) is 0 Å². The van der Waals surface area contributed by atoms with Crippen LogP contribution in [0.5, 0.6) is 0 Å². The molecule has 7 heteroatoms. The van der Waals surface area contributed by atoms with E-state index in [0.29, 0.717) is 18.4 Å². The maximum Gasteiger partial charge on any atom is 0.241 e. The molecule has 1 heterocycles. The molecule has 0 radical (unpaired) electrons. The topological polar surface area (TPSA) is 74.5 Å². The number of carbonyl (C=O) groups is 1. The van der Waals surface area contributed by atoms with Crippen LogP contribution in [0, 0.1) is 5.92 Å². The lowest BCUT2D eigenvalue weighted by Crippen LogP contribution is -2.44. The smallest absolute Gasteiger partial charge is 0.241 e. The number of aromatic nitrogens is 2. The third kappa shape index (κ3) is 6.71. The van der Waals surface area contributed by atoms with Crippen molar-refractivity contribution in [1.82, 2.24) is 25.3 Å². The van der Waals surface area contributed by atoms with Crippen molar-refractivity contribution in [2.75, 3.05) is 27.2 Å². The van der Waals surface area contributed by atoms with E-state index in [4.69, 9.17) is 0 Å². The number of aliphatic imine (C=N–C) groups is 1. The summed E-state index contributed by atoms with van der Waals surface area (Å²) in [5, 5.41) is 10.8. The van der Waals surface area contributed by atoms with Crippen molar-refractivity contribution >= 4 is 11.9 Å². The number of carbonyl (C=O) groups excluding carboxylic acids is 1. The number of amides is 1. The molecule has 7 nitrogen and oxygen atoms in total. The third-order valence-electron chi connectivity index (χ3n) is 3.32. The van der Waals surface area contributed by atoms with Gasteiger partial charge in [-0.1, -0.05) is 20.8 Å². The Morgan fingerprint density at radius 1 is 1.39 bits per heavy atom. The van der Waals surface area contributed by atoms with Gasteiger partial charge in [0.15, 0.2) is 5.96 Å². The number of hydrogen-bond donors (Lipinski definition) is 2. The minimum atomic E-state index is 0.0136. The number of rotatable bonds is 7. The third-order valence-corrected chi connectivity index (χ3v) is 3.32. The zero-order valence-corrected chi connectivity index (χ0v) is 15.2. The van der Waals surface area contributed by atoms with Gasteiger partial charge in [-0.2, -0.15) is 5.10 Å². The van der Waals surface area contributed by atoms with Crippen LogP contribution in [0.2, 0.25) is 0 Å². The van der Waals surface area contributed by atoms with Crippen molar-refractivity contribution in [3.05, 3.63) is 17.5 Å². The first kappa shape index (κ1) is 19.0. The van der Waals surface area contributed by atoms with E-state index in [9.17, 15) is 4.79 Å². The van der Waals surface area contributed by atoms with E-state index in [2.05, 4.69) is 41.5 Å². The summed E-state index contributed by atoms with van der Waals surface area (Å²) in [7, 11) is 5.40. The molecule has 0 bridgehead atoms. The fraction of sp³-hybridized carbons (Fsp3) is 0.688. The molecule has 0 aliphatic heterocycles. The molecular formula is C16H30N6O. The van der Waals surface area contributed by atoms with Crippen LogP contribution in [0.25, 0.3) is 0 Å². The molecule has 0 aliphatic rings. The molecule has 1 rings (SSSR count). The van der Waals surface area contributed by atoms with Crippen molar-refractivity contribution < 1.29 is 4.79 Å². The molecule has 0 saturated carbocycles. The Balaban J connectivity index is 2.74. The summed E-state index contributed by atoms with van der Waals surface area (Å²) in [4.78, 5) is 17.9. The van der Waals surface area contributed by atoms with Crippen molar-refractivity contribution in [2.24, 2.45) is 18.0 Å². The van der Waals surface area contributed by atoms with Crippen LogP contribution in [0.1, 0.15) is 32.0 Å². The summed E-state index contributed by atoms with van der Waals surface area (Å²) >= 11 is 0. The average molecular weight is 322 g/mol. The fourth-order valence-corrected chi connectivity index (χ4v) is 1.97. The van der Waals surface area contributed by atoms with Gasteiger partial charge in [0.25, 0.3) is 0 Å². The molecule has 1 aromatic rings. The highest BCUT2D eigenvalue weighted by molar-refractivity contribution is 5.86. The highest BCUT2D eigenvalue weighted by Gasteiger charge is 2.08. The lowest BCUT2D eigenvalue weighted by atomic mass is 10.2. The number of hydrogen-bond acceptors (Lipinski definition) is 3. The highest BCUT2D eigenvalue weighted by Crippen LogP contribution is 2.08. The predicted molar refractivity (Wildman–Crippen MR) is 93.3 cm³/mol. The Kier molecular flexibility index (Phi) is 7.57. The molecular weight excluding hydrogens is 292 g/mol. The largest absolute Gasteiger partial charge is 0.356 e. The van der Waals surface area contributed by atoms with E-state index in [1.54, 1.807) is 19.0 Å². The Labute approximate surface area is 139 Å².